The van der Waals surface area contributed by atoms with E-state index in [9.17, 15) is 13.2 Å². The Balaban J connectivity index is 2.65. The van der Waals surface area contributed by atoms with Crippen LogP contribution in [0.25, 0.3) is 11.5 Å². The van der Waals surface area contributed by atoms with Crippen molar-refractivity contribution >= 4 is 12.2 Å². The van der Waals surface area contributed by atoms with E-state index in [1.54, 1.807) is 6.07 Å². The van der Waals surface area contributed by atoms with Crippen molar-refractivity contribution in [1.82, 2.24) is 15.0 Å². The second kappa shape index (κ2) is 4.31. The smallest absolute Gasteiger partial charge is 0.333 e. The molecule has 0 spiro atoms. The lowest BCUT2D eigenvalue weighted by Crippen LogP contribution is -2.11. The quantitative estimate of drug-likeness (QED) is 0.804. The van der Waals surface area contributed by atoms with Gasteiger partial charge in [-0.1, -0.05) is 26.1 Å². The van der Waals surface area contributed by atoms with Gasteiger partial charge in [0.2, 0.25) is 0 Å². The summed E-state index contributed by atoms with van der Waals surface area (Å²) in [4.78, 5) is 9.95. The maximum absolute atomic E-state index is 12.5. The topological polar surface area (TPSA) is 41.6 Å². The molecule has 0 aliphatic carbocycles. The van der Waals surface area contributed by atoms with E-state index in [2.05, 4.69) is 15.0 Å². The Labute approximate surface area is 106 Å². The number of pyridine rings is 1. The van der Waals surface area contributed by atoms with Crippen LogP contribution in [-0.4, -0.2) is 15.0 Å². The molecule has 0 bridgehead atoms. The molecule has 0 fully saturated rings. The number of H-pyrrole nitrogens is 1. The summed E-state index contributed by atoms with van der Waals surface area (Å²) in [6.45, 7) is 3.87. The predicted molar refractivity (Wildman–Crippen MR) is 62.9 cm³/mol. The predicted octanol–water partition coefficient (Wildman–Crippen LogP) is 3.78. The molecule has 0 aromatic carbocycles. The number of hydrogen-bond acceptors (Lipinski definition) is 3. The van der Waals surface area contributed by atoms with Crippen LogP contribution in [0.4, 0.5) is 13.2 Å². The molecule has 2 aliphatic heterocycles. The van der Waals surface area contributed by atoms with Gasteiger partial charge in [0, 0.05) is 0 Å². The summed E-state index contributed by atoms with van der Waals surface area (Å²) in [5, 5.41) is 0. The van der Waals surface area contributed by atoms with Crippen LogP contribution >= 0.6 is 12.2 Å². The molecule has 0 saturated heterocycles. The summed E-state index contributed by atoms with van der Waals surface area (Å²) in [5.74, 6) is 0.206. The first-order valence-corrected chi connectivity index (χ1v) is 5.67. The van der Waals surface area contributed by atoms with Gasteiger partial charge in [0.05, 0.1) is 6.20 Å². The molecule has 2 aliphatic rings. The van der Waals surface area contributed by atoms with Gasteiger partial charge in [0.1, 0.15) is 16.0 Å². The standard InChI is InChI=1S/C11H10F3N3S/c1-5(2)6-3-7-9(17-10(6)18)16-8(4-15-7)11(12,13)14/h3-5H,1-2H3,(H,16,17,18). The molecule has 0 radical (unpaired) electrons. The number of nitrogens with zero attached hydrogens (tertiary/aromatic N) is 2. The second-order valence-electron chi connectivity index (χ2n) is 4.20. The fraction of sp³-hybridized carbons (Fsp3) is 0.364. The minimum atomic E-state index is -4.47. The first kappa shape index (κ1) is 12.9. The van der Waals surface area contributed by atoms with Crippen molar-refractivity contribution in [3.05, 3.63) is 28.2 Å². The maximum Gasteiger partial charge on any atom is 0.432 e. The molecule has 96 valence electrons. The first-order valence-electron chi connectivity index (χ1n) is 5.26. The number of halogens is 3. The van der Waals surface area contributed by atoms with Gasteiger partial charge >= 0.3 is 6.18 Å². The van der Waals surface area contributed by atoms with Crippen molar-refractivity contribution in [2.45, 2.75) is 25.9 Å². The average Bonchev–Trinajstić information content (AvgIpc) is 2.25. The van der Waals surface area contributed by atoms with Gasteiger partial charge in [-0.15, -0.1) is 0 Å². The van der Waals surface area contributed by atoms with Gasteiger partial charge in [-0.05, 0) is 17.5 Å². The van der Waals surface area contributed by atoms with Crippen LogP contribution in [0.5, 0.6) is 0 Å². The van der Waals surface area contributed by atoms with E-state index in [1.165, 1.54) is 0 Å². The van der Waals surface area contributed by atoms with Gasteiger partial charge in [0.25, 0.3) is 0 Å². The zero-order chi connectivity index (χ0) is 13.5. The van der Waals surface area contributed by atoms with E-state index in [-0.39, 0.29) is 11.7 Å². The molecule has 2 heterocycles. The van der Waals surface area contributed by atoms with Crippen molar-refractivity contribution in [2.24, 2.45) is 0 Å². The highest BCUT2D eigenvalue weighted by molar-refractivity contribution is 7.71. The van der Waals surface area contributed by atoms with Crippen LogP contribution in [0.3, 0.4) is 0 Å². The molecule has 0 aromatic rings. The molecule has 0 amide bonds. The average molecular weight is 273 g/mol. The van der Waals surface area contributed by atoms with Crippen molar-refractivity contribution in [1.29, 1.82) is 0 Å². The molecular weight excluding hydrogens is 263 g/mol. The van der Waals surface area contributed by atoms with E-state index in [4.69, 9.17) is 12.2 Å². The zero-order valence-corrected chi connectivity index (χ0v) is 10.5. The van der Waals surface area contributed by atoms with Crippen LogP contribution in [-0.2, 0) is 6.18 Å². The highest BCUT2D eigenvalue weighted by Crippen LogP contribution is 2.30. The van der Waals surface area contributed by atoms with Crippen LogP contribution < -0.4 is 0 Å². The number of hydrogen-bond donors (Lipinski definition) is 1. The summed E-state index contributed by atoms with van der Waals surface area (Å²) >= 11 is 5.05. The zero-order valence-electron chi connectivity index (χ0n) is 9.67. The molecular formula is C11H10F3N3S. The summed E-state index contributed by atoms with van der Waals surface area (Å²) in [6, 6.07) is 1.67. The minimum absolute atomic E-state index is 0.0548. The molecule has 18 heavy (non-hydrogen) atoms. The summed E-state index contributed by atoms with van der Waals surface area (Å²) in [7, 11) is 0. The SMILES string of the molecule is CC(C)c1cc2ncc(C(F)(F)F)[nH]c-2nc1=S. The van der Waals surface area contributed by atoms with Crippen molar-refractivity contribution in [2.75, 3.05) is 0 Å². The van der Waals surface area contributed by atoms with Crippen molar-refractivity contribution < 1.29 is 13.2 Å². The monoisotopic (exact) mass is 273 g/mol. The molecule has 3 nitrogen and oxygen atoms in total. The molecule has 0 atom stereocenters. The highest BCUT2D eigenvalue weighted by atomic mass is 32.1. The van der Waals surface area contributed by atoms with Crippen LogP contribution in [0.1, 0.15) is 31.0 Å². The van der Waals surface area contributed by atoms with Gasteiger partial charge in [-0.2, -0.15) is 13.2 Å². The molecule has 2 rings (SSSR count). The van der Waals surface area contributed by atoms with E-state index in [0.29, 0.717) is 10.3 Å². The summed E-state index contributed by atoms with van der Waals surface area (Å²) in [6.07, 6.45) is -3.71. The van der Waals surface area contributed by atoms with E-state index < -0.39 is 11.9 Å². The molecule has 7 heteroatoms. The third kappa shape index (κ3) is 2.35. The van der Waals surface area contributed by atoms with E-state index in [0.717, 1.165) is 11.8 Å². The number of nitrogens with one attached hydrogen (secondary N) is 1. The van der Waals surface area contributed by atoms with Crippen LogP contribution in [0.2, 0.25) is 0 Å². The lowest BCUT2D eigenvalue weighted by Gasteiger charge is -2.12. The second-order valence-corrected chi connectivity index (χ2v) is 4.59. The lowest BCUT2D eigenvalue weighted by atomic mass is 10.0. The lowest BCUT2D eigenvalue weighted by molar-refractivity contribution is -0.141. The number of aromatic nitrogens is 3. The Hall–Kier alpha value is -1.50. The first-order chi connectivity index (χ1) is 8.29. The minimum Gasteiger partial charge on any atom is -0.333 e. The fourth-order valence-corrected chi connectivity index (χ4v) is 1.93. The normalized spacial score (nSPS) is 12.3. The van der Waals surface area contributed by atoms with E-state index in [1.807, 2.05) is 13.8 Å². The third-order valence-electron chi connectivity index (χ3n) is 2.51. The molecule has 0 aromatic heterocycles. The van der Waals surface area contributed by atoms with Crippen molar-refractivity contribution in [3.63, 3.8) is 0 Å². The number of aromatic amines is 1. The van der Waals surface area contributed by atoms with E-state index >= 15 is 0 Å². The number of fused-ring (bicyclic) bond motifs is 1. The van der Waals surface area contributed by atoms with Crippen LogP contribution in [0.15, 0.2) is 12.3 Å². The van der Waals surface area contributed by atoms with Gasteiger partial charge in [0.15, 0.2) is 5.82 Å². The summed E-state index contributed by atoms with van der Waals surface area (Å²) in [5.41, 5.74) is 0.243. The number of alkyl halides is 3. The molecule has 0 unspecified atom stereocenters. The summed E-state index contributed by atoms with van der Waals surface area (Å²) < 4.78 is 37.8. The van der Waals surface area contributed by atoms with Crippen molar-refractivity contribution in [3.8, 4) is 11.5 Å². The van der Waals surface area contributed by atoms with Gasteiger partial charge in [-0.3, -0.25) is 4.98 Å². The Kier molecular flexibility index (Phi) is 3.10. The Morgan fingerprint density at radius 2 is 2.00 bits per heavy atom. The largest absolute Gasteiger partial charge is 0.432 e. The van der Waals surface area contributed by atoms with Gasteiger partial charge < -0.3 is 4.98 Å². The molecule has 0 saturated carbocycles. The number of rotatable bonds is 1. The Morgan fingerprint density at radius 1 is 1.33 bits per heavy atom. The fourth-order valence-electron chi connectivity index (χ4n) is 1.54. The van der Waals surface area contributed by atoms with Gasteiger partial charge in [-0.25, -0.2) is 4.98 Å². The molecule has 1 N–H and O–H groups in total. The Morgan fingerprint density at radius 3 is 2.56 bits per heavy atom. The van der Waals surface area contributed by atoms with Crippen LogP contribution in [0, 0.1) is 4.64 Å². The third-order valence-corrected chi connectivity index (χ3v) is 2.84. The maximum atomic E-state index is 12.5. The highest BCUT2D eigenvalue weighted by Gasteiger charge is 2.33. The Bertz CT molecular complexity index is 604.